The van der Waals surface area contributed by atoms with Gasteiger partial charge in [-0.1, -0.05) is 46.3 Å². The summed E-state index contributed by atoms with van der Waals surface area (Å²) in [4.78, 5) is 10.8. The molecule has 0 radical (unpaired) electrons. The maximum Gasteiger partial charge on any atom is 0.255 e. The lowest BCUT2D eigenvalue weighted by Crippen LogP contribution is -2.21. The van der Waals surface area contributed by atoms with Gasteiger partial charge in [0.2, 0.25) is 0 Å². The third-order valence-electron chi connectivity index (χ3n) is 3.14. The van der Waals surface area contributed by atoms with Crippen LogP contribution in [0.3, 0.4) is 0 Å². The Morgan fingerprint density at radius 1 is 1.18 bits per heavy atom. The Balaban J connectivity index is 1.88. The zero-order valence-electron chi connectivity index (χ0n) is 12.2. The number of carbonyl (C=O) groups excluding carboxylic acids is 1. The molecule has 0 aliphatic carbocycles. The van der Waals surface area contributed by atoms with Crippen LogP contribution in [0.25, 0.3) is 0 Å². The lowest BCUT2D eigenvalue weighted by molar-refractivity contribution is -0.119. The lowest BCUT2D eigenvalue weighted by atomic mass is 10.1. The predicted octanol–water partition coefficient (Wildman–Crippen LogP) is 2.65. The van der Waals surface area contributed by atoms with E-state index in [4.69, 9.17) is 10.5 Å². The van der Waals surface area contributed by atoms with Crippen molar-refractivity contribution in [2.45, 2.75) is 13.0 Å². The first-order valence-corrected chi connectivity index (χ1v) is 7.88. The van der Waals surface area contributed by atoms with Gasteiger partial charge in [-0.25, -0.2) is 0 Å². The van der Waals surface area contributed by atoms with Gasteiger partial charge in [-0.3, -0.25) is 4.79 Å². The summed E-state index contributed by atoms with van der Waals surface area (Å²) in [7, 11) is 0. The number of rotatable bonds is 8. The molecule has 0 atom stereocenters. The fourth-order valence-corrected chi connectivity index (χ4v) is 2.48. The molecule has 116 valence electrons. The zero-order chi connectivity index (χ0) is 15.8. The number of carbonyl (C=O) groups is 1. The lowest BCUT2D eigenvalue weighted by Gasteiger charge is -2.12. The van der Waals surface area contributed by atoms with E-state index in [9.17, 15) is 4.79 Å². The molecular formula is C17H19BrN2O2. The Bertz CT molecular complexity index is 617. The van der Waals surface area contributed by atoms with Crippen LogP contribution in [0, 0.1) is 0 Å². The van der Waals surface area contributed by atoms with Gasteiger partial charge in [0.05, 0.1) is 0 Å². The van der Waals surface area contributed by atoms with Gasteiger partial charge in [0.25, 0.3) is 5.91 Å². The van der Waals surface area contributed by atoms with Crippen molar-refractivity contribution in [3.8, 4) is 5.75 Å². The second-order valence-corrected chi connectivity index (χ2v) is 5.84. The van der Waals surface area contributed by atoms with Crippen molar-refractivity contribution in [1.82, 2.24) is 5.32 Å². The summed E-state index contributed by atoms with van der Waals surface area (Å²) >= 11 is 3.45. The van der Waals surface area contributed by atoms with Crippen LogP contribution in [-0.2, 0) is 17.8 Å². The van der Waals surface area contributed by atoms with Crippen molar-refractivity contribution in [2.75, 3.05) is 13.2 Å². The first-order valence-electron chi connectivity index (χ1n) is 7.09. The van der Waals surface area contributed by atoms with Crippen molar-refractivity contribution in [1.29, 1.82) is 0 Å². The van der Waals surface area contributed by atoms with Gasteiger partial charge in [0.15, 0.2) is 6.61 Å². The third kappa shape index (κ3) is 5.50. The van der Waals surface area contributed by atoms with Crippen molar-refractivity contribution in [3.05, 3.63) is 64.1 Å². The molecule has 0 bridgehead atoms. The number of ether oxygens (including phenoxy) is 1. The molecule has 0 fully saturated rings. The molecule has 0 heterocycles. The molecule has 2 aromatic rings. The molecule has 2 aromatic carbocycles. The Labute approximate surface area is 138 Å². The molecule has 3 N–H and O–H groups in total. The van der Waals surface area contributed by atoms with Crippen LogP contribution < -0.4 is 15.8 Å². The quantitative estimate of drug-likeness (QED) is 0.709. The number of hydrogen-bond acceptors (Lipinski definition) is 3. The Hall–Kier alpha value is -1.85. The fraction of sp³-hybridized carbons (Fsp3) is 0.235. The standard InChI is InChI=1S/C17H19BrN2O2/c18-15-6-7-16(22-12-17(19)21)14(10-15)11-20-9-8-13-4-2-1-3-5-13/h1-7,10,20H,8-9,11-12H2,(H2,19,21). The van der Waals surface area contributed by atoms with Crippen LogP contribution in [0.2, 0.25) is 0 Å². The molecule has 0 aromatic heterocycles. The van der Waals surface area contributed by atoms with Crippen LogP contribution in [0.15, 0.2) is 53.0 Å². The number of hydrogen-bond donors (Lipinski definition) is 2. The largest absolute Gasteiger partial charge is 0.483 e. The number of benzene rings is 2. The second-order valence-electron chi connectivity index (χ2n) is 4.92. The average Bonchev–Trinajstić information content (AvgIpc) is 2.51. The van der Waals surface area contributed by atoms with E-state index in [1.807, 2.05) is 36.4 Å². The number of primary amides is 1. The van der Waals surface area contributed by atoms with Crippen molar-refractivity contribution in [2.24, 2.45) is 5.73 Å². The van der Waals surface area contributed by atoms with Gasteiger partial charge < -0.3 is 15.8 Å². The molecule has 2 rings (SSSR count). The summed E-state index contributed by atoms with van der Waals surface area (Å²) in [6.07, 6.45) is 0.965. The van der Waals surface area contributed by atoms with Gasteiger partial charge in [-0.2, -0.15) is 0 Å². The summed E-state index contributed by atoms with van der Waals surface area (Å²) < 4.78 is 6.40. The first kappa shape index (κ1) is 16.5. The van der Waals surface area contributed by atoms with Crippen LogP contribution in [0.4, 0.5) is 0 Å². The topological polar surface area (TPSA) is 64.4 Å². The van der Waals surface area contributed by atoms with Gasteiger partial charge >= 0.3 is 0 Å². The Morgan fingerprint density at radius 2 is 1.95 bits per heavy atom. The molecule has 0 saturated heterocycles. The van der Waals surface area contributed by atoms with Crippen molar-refractivity contribution in [3.63, 3.8) is 0 Å². The Morgan fingerprint density at radius 3 is 2.68 bits per heavy atom. The van der Waals surface area contributed by atoms with Crippen molar-refractivity contribution < 1.29 is 9.53 Å². The van der Waals surface area contributed by atoms with E-state index in [0.29, 0.717) is 12.3 Å². The molecule has 0 aliphatic heterocycles. The number of nitrogens with two attached hydrogens (primary N) is 1. The summed E-state index contributed by atoms with van der Waals surface area (Å²) in [5, 5.41) is 3.39. The van der Waals surface area contributed by atoms with E-state index >= 15 is 0 Å². The highest BCUT2D eigenvalue weighted by molar-refractivity contribution is 9.10. The molecule has 0 saturated carbocycles. The number of nitrogens with one attached hydrogen (secondary N) is 1. The monoisotopic (exact) mass is 362 g/mol. The van der Waals surface area contributed by atoms with E-state index in [1.54, 1.807) is 0 Å². The van der Waals surface area contributed by atoms with Crippen LogP contribution in [0.1, 0.15) is 11.1 Å². The predicted molar refractivity (Wildman–Crippen MR) is 90.7 cm³/mol. The molecular weight excluding hydrogens is 344 g/mol. The molecule has 1 amide bonds. The van der Waals surface area contributed by atoms with Gasteiger partial charge in [-0.05, 0) is 36.7 Å². The number of amides is 1. The summed E-state index contributed by atoms with van der Waals surface area (Å²) in [5.74, 6) is 0.195. The van der Waals surface area contributed by atoms with E-state index in [0.717, 1.165) is 23.0 Å². The average molecular weight is 363 g/mol. The maximum atomic E-state index is 10.8. The Kier molecular flexibility index (Phi) is 6.43. The second kappa shape index (κ2) is 8.56. The smallest absolute Gasteiger partial charge is 0.255 e. The van der Waals surface area contributed by atoms with E-state index in [-0.39, 0.29) is 6.61 Å². The minimum atomic E-state index is -0.481. The van der Waals surface area contributed by atoms with Gasteiger partial charge in [-0.15, -0.1) is 0 Å². The maximum absolute atomic E-state index is 10.8. The van der Waals surface area contributed by atoms with E-state index in [1.165, 1.54) is 5.56 Å². The van der Waals surface area contributed by atoms with Gasteiger partial charge in [0, 0.05) is 16.6 Å². The minimum Gasteiger partial charge on any atom is -0.483 e. The minimum absolute atomic E-state index is 0.112. The van der Waals surface area contributed by atoms with E-state index in [2.05, 4.69) is 33.4 Å². The van der Waals surface area contributed by atoms with Gasteiger partial charge in [0.1, 0.15) is 5.75 Å². The van der Waals surface area contributed by atoms with Crippen LogP contribution in [-0.4, -0.2) is 19.1 Å². The van der Waals surface area contributed by atoms with Crippen LogP contribution >= 0.6 is 15.9 Å². The molecule has 0 aliphatic rings. The molecule has 0 spiro atoms. The SMILES string of the molecule is NC(=O)COc1ccc(Br)cc1CNCCc1ccccc1. The molecule has 5 heteroatoms. The summed E-state index contributed by atoms with van der Waals surface area (Å²) in [5.41, 5.74) is 7.41. The fourth-order valence-electron chi connectivity index (χ4n) is 2.08. The first-order chi connectivity index (χ1) is 10.6. The zero-order valence-corrected chi connectivity index (χ0v) is 13.8. The number of halogens is 1. The highest BCUT2D eigenvalue weighted by atomic mass is 79.9. The van der Waals surface area contributed by atoms with Crippen LogP contribution in [0.5, 0.6) is 5.75 Å². The highest BCUT2D eigenvalue weighted by Gasteiger charge is 2.06. The van der Waals surface area contributed by atoms with Crippen molar-refractivity contribution >= 4 is 21.8 Å². The summed E-state index contributed by atoms with van der Waals surface area (Å²) in [6, 6.07) is 16.0. The molecule has 4 nitrogen and oxygen atoms in total. The highest BCUT2D eigenvalue weighted by Crippen LogP contribution is 2.23. The third-order valence-corrected chi connectivity index (χ3v) is 3.63. The molecule has 0 unspecified atom stereocenters. The molecule has 22 heavy (non-hydrogen) atoms. The normalized spacial score (nSPS) is 10.4. The summed E-state index contributed by atoms with van der Waals surface area (Å²) in [6.45, 7) is 1.42. The van der Waals surface area contributed by atoms with E-state index < -0.39 is 5.91 Å².